The Morgan fingerprint density at radius 1 is 1.64 bits per heavy atom. The molecule has 0 bridgehead atoms. The molecule has 4 heteroatoms. The SMILES string of the molecule is CCC1CCC(C)N1c1ncc(N)s1. The Kier molecular flexibility index (Phi) is 2.63. The molecular weight excluding hydrogens is 194 g/mol. The van der Waals surface area contributed by atoms with Gasteiger partial charge in [-0.1, -0.05) is 18.3 Å². The standard InChI is InChI=1S/C10H17N3S/c1-3-8-5-4-7(2)13(8)10-12-6-9(11)14-10/h6-8H,3-5,11H2,1-2H3. The molecule has 2 N–H and O–H groups in total. The lowest BCUT2D eigenvalue weighted by molar-refractivity contribution is 0.626. The number of nitrogen functional groups attached to an aromatic ring is 1. The molecule has 0 aromatic carbocycles. The van der Waals surface area contributed by atoms with Crippen LogP contribution in [0.4, 0.5) is 10.1 Å². The molecule has 2 atom stereocenters. The van der Waals surface area contributed by atoms with Crippen LogP contribution in [0.25, 0.3) is 0 Å². The Bertz CT molecular complexity index is 310. The highest BCUT2D eigenvalue weighted by Crippen LogP contribution is 2.35. The fourth-order valence-electron chi connectivity index (χ4n) is 2.21. The largest absolute Gasteiger partial charge is 0.389 e. The van der Waals surface area contributed by atoms with E-state index < -0.39 is 0 Å². The summed E-state index contributed by atoms with van der Waals surface area (Å²) in [5.41, 5.74) is 5.71. The summed E-state index contributed by atoms with van der Waals surface area (Å²) < 4.78 is 0. The van der Waals surface area contributed by atoms with Gasteiger partial charge in [0.25, 0.3) is 0 Å². The number of hydrogen-bond donors (Lipinski definition) is 1. The van der Waals surface area contributed by atoms with Gasteiger partial charge in [0, 0.05) is 12.1 Å². The number of nitrogens with zero attached hydrogens (tertiary/aromatic N) is 2. The van der Waals surface area contributed by atoms with Gasteiger partial charge < -0.3 is 10.6 Å². The van der Waals surface area contributed by atoms with E-state index in [0.29, 0.717) is 12.1 Å². The van der Waals surface area contributed by atoms with Crippen molar-refractivity contribution < 1.29 is 0 Å². The predicted molar refractivity (Wildman–Crippen MR) is 61.8 cm³/mol. The summed E-state index contributed by atoms with van der Waals surface area (Å²) in [5.74, 6) is 0. The lowest BCUT2D eigenvalue weighted by atomic mass is 10.2. The molecule has 2 unspecified atom stereocenters. The zero-order valence-corrected chi connectivity index (χ0v) is 9.55. The van der Waals surface area contributed by atoms with Crippen molar-refractivity contribution in [2.75, 3.05) is 10.6 Å². The van der Waals surface area contributed by atoms with Crippen LogP contribution in [0.1, 0.15) is 33.1 Å². The number of aromatic nitrogens is 1. The lowest BCUT2D eigenvalue weighted by Crippen LogP contribution is -2.33. The van der Waals surface area contributed by atoms with E-state index in [-0.39, 0.29) is 0 Å². The van der Waals surface area contributed by atoms with Crippen molar-refractivity contribution >= 4 is 21.5 Å². The normalized spacial score (nSPS) is 27.1. The highest BCUT2D eigenvalue weighted by molar-refractivity contribution is 7.19. The minimum absolute atomic E-state index is 0.616. The second-order valence-electron chi connectivity index (χ2n) is 3.94. The van der Waals surface area contributed by atoms with Crippen LogP contribution in [0.3, 0.4) is 0 Å². The van der Waals surface area contributed by atoms with E-state index in [1.54, 1.807) is 17.5 Å². The predicted octanol–water partition coefficient (Wildman–Crippen LogP) is 2.49. The van der Waals surface area contributed by atoms with Gasteiger partial charge in [0.1, 0.15) is 5.00 Å². The van der Waals surface area contributed by atoms with Crippen molar-refractivity contribution in [1.82, 2.24) is 4.98 Å². The van der Waals surface area contributed by atoms with Crippen LogP contribution in [0.15, 0.2) is 6.20 Å². The van der Waals surface area contributed by atoms with Crippen molar-refractivity contribution in [2.45, 2.75) is 45.2 Å². The molecule has 0 radical (unpaired) electrons. The summed E-state index contributed by atoms with van der Waals surface area (Å²) in [6, 6.07) is 1.28. The highest BCUT2D eigenvalue weighted by Gasteiger charge is 2.30. The van der Waals surface area contributed by atoms with Gasteiger partial charge in [-0.2, -0.15) is 0 Å². The lowest BCUT2D eigenvalue weighted by Gasteiger charge is -2.27. The topological polar surface area (TPSA) is 42.2 Å². The molecule has 1 aliphatic rings. The Labute approximate surface area is 88.9 Å². The van der Waals surface area contributed by atoms with Gasteiger partial charge in [0.05, 0.1) is 6.20 Å². The van der Waals surface area contributed by atoms with Gasteiger partial charge in [0.2, 0.25) is 0 Å². The first-order valence-electron chi connectivity index (χ1n) is 5.22. The molecule has 0 aliphatic carbocycles. The molecule has 1 aromatic rings. The Hall–Kier alpha value is -0.770. The zero-order chi connectivity index (χ0) is 10.1. The van der Waals surface area contributed by atoms with E-state index in [2.05, 4.69) is 23.7 Å². The summed E-state index contributed by atoms with van der Waals surface area (Å²) in [5, 5.41) is 1.91. The van der Waals surface area contributed by atoms with Crippen LogP contribution in [0, 0.1) is 0 Å². The molecule has 3 nitrogen and oxygen atoms in total. The maximum atomic E-state index is 5.71. The maximum absolute atomic E-state index is 5.71. The first-order valence-corrected chi connectivity index (χ1v) is 6.03. The fourth-order valence-corrected chi connectivity index (χ4v) is 3.07. The van der Waals surface area contributed by atoms with Crippen molar-refractivity contribution in [1.29, 1.82) is 0 Å². The van der Waals surface area contributed by atoms with Crippen molar-refractivity contribution in [2.24, 2.45) is 0 Å². The second-order valence-corrected chi connectivity index (χ2v) is 4.98. The first-order chi connectivity index (χ1) is 6.72. The molecule has 0 spiro atoms. The summed E-state index contributed by atoms with van der Waals surface area (Å²) in [6.45, 7) is 4.51. The maximum Gasteiger partial charge on any atom is 0.187 e. The molecule has 1 saturated heterocycles. The van der Waals surface area contributed by atoms with Crippen LogP contribution in [0.5, 0.6) is 0 Å². The third kappa shape index (κ3) is 1.59. The quantitative estimate of drug-likeness (QED) is 0.817. The number of anilines is 2. The van der Waals surface area contributed by atoms with Gasteiger partial charge in [-0.15, -0.1) is 0 Å². The van der Waals surface area contributed by atoms with Crippen LogP contribution in [0.2, 0.25) is 0 Å². The summed E-state index contributed by atoms with van der Waals surface area (Å²) in [6.07, 6.45) is 5.52. The van der Waals surface area contributed by atoms with E-state index in [1.165, 1.54) is 19.3 Å². The molecule has 14 heavy (non-hydrogen) atoms. The molecule has 2 rings (SSSR count). The first kappa shape index (κ1) is 9.77. The number of thiazole rings is 1. The van der Waals surface area contributed by atoms with Crippen molar-refractivity contribution in [3.05, 3.63) is 6.20 Å². The number of nitrogens with two attached hydrogens (primary N) is 1. The average Bonchev–Trinajstić information content (AvgIpc) is 2.71. The summed E-state index contributed by atoms with van der Waals surface area (Å²) in [4.78, 5) is 6.80. The third-order valence-electron chi connectivity index (χ3n) is 2.99. The third-order valence-corrected chi connectivity index (χ3v) is 3.83. The average molecular weight is 211 g/mol. The highest BCUT2D eigenvalue weighted by atomic mass is 32.1. The zero-order valence-electron chi connectivity index (χ0n) is 8.73. The van der Waals surface area contributed by atoms with Gasteiger partial charge in [-0.05, 0) is 26.2 Å². The minimum Gasteiger partial charge on any atom is -0.389 e. The summed E-state index contributed by atoms with van der Waals surface area (Å²) >= 11 is 1.60. The second kappa shape index (κ2) is 3.77. The van der Waals surface area contributed by atoms with Gasteiger partial charge >= 0.3 is 0 Å². The van der Waals surface area contributed by atoms with E-state index in [4.69, 9.17) is 5.73 Å². The van der Waals surface area contributed by atoms with Crippen LogP contribution < -0.4 is 10.6 Å². The monoisotopic (exact) mass is 211 g/mol. The van der Waals surface area contributed by atoms with E-state index in [1.807, 2.05) is 0 Å². The van der Waals surface area contributed by atoms with Gasteiger partial charge in [-0.3, -0.25) is 0 Å². The van der Waals surface area contributed by atoms with Crippen LogP contribution in [-0.2, 0) is 0 Å². The fraction of sp³-hybridized carbons (Fsp3) is 0.700. The number of rotatable bonds is 2. The summed E-state index contributed by atoms with van der Waals surface area (Å²) in [7, 11) is 0. The number of hydrogen-bond acceptors (Lipinski definition) is 4. The van der Waals surface area contributed by atoms with Crippen molar-refractivity contribution in [3.8, 4) is 0 Å². The molecule has 1 fully saturated rings. The Balaban J connectivity index is 2.22. The smallest absolute Gasteiger partial charge is 0.187 e. The molecule has 1 aromatic heterocycles. The van der Waals surface area contributed by atoms with Gasteiger partial charge in [-0.25, -0.2) is 4.98 Å². The van der Waals surface area contributed by atoms with Gasteiger partial charge in [0.15, 0.2) is 5.13 Å². The Morgan fingerprint density at radius 2 is 2.43 bits per heavy atom. The van der Waals surface area contributed by atoms with E-state index in [9.17, 15) is 0 Å². The van der Waals surface area contributed by atoms with Crippen LogP contribution >= 0.6 is 11.3 Å². The minimum atomic E-state index is 0.616. The van der Waals surface area contributed by atoms with E-state index >= 15 is 0 Å². The molecule has 0 amide bonds. The Morgan fingerprint density at radius 3 is 3.00 bits per heavy atom. The van der Waals surface area contributed by atoms with E-state index in [0.717, 1.165) is 10.1 Å². The molecule has 1 aliphatic heterocycles. The van der Waals surface area contributed by atoms with Crippen LogP contribution in [-0.4, -0.2) is 17.1 Å². The molecule has 78 valence electrons. The van der Waals surface area contributed by atoms with Crippen molar-refractivity contribution in [3.63, 3.8) is 0 Å². The molecule has 0 saturated carbocycles. The molecule has 2 heterocycles. The molecular formula is C10H17N3S.